The number of carbonyl (C=O) groups excluding carboxylic acids is 3. The Morgan fingerprint density at radius 1 is 1.00 bits per heavy atom. The third-order valence-electron chi connectivity index (χ3n) is 5.26. The first-order chi connectivity index (χ1) is 17.0. The van der Waals surface area contributed by atoms with Crippen molar-refractivity contribution in [1.29, 1.82) is 0 Å². The second-order valence-electron chi connectivity index (χ2n) is 7.70. The van der Waals surface area contributed by atoms with E-state index in [4.69, 9.17) is 5.14 Å². The van der Waals surface area contributed by atoms with Gasteiger partial charge in [-0.3, -0.25) is 24.5 Å². The van der Waals surface area contributed by atoms with E-state index in [9.17, 15) is 32.9 Å². The van der Waals surface area contributed by atoms with Crippen LogP contribution in [0.4, 0.5) is 17.1 Å². The fourth-order valence-electron chi connectivity index (χ4n) is 3.47. The van der Waals surface area contributed by atoms with Crippen molar-refractivity contribution in [3.05, 3.63) is 88.5 Å². The minimum absolute atomic E-state index is 0.0287. The van der Waals surface area contributed by atoms with Crippen LogP contribution in [0.15, 0.2) is 82.6 Å². The van der Waals surface area contributed by atoms with Gasteiger partial charge in [-0.05, 0) is 60.7 Å². The van der Waals surface area contributed by atoms with E-state index in [1.807, 2.05) is 0 Å². The maximum absolute atomic E-state index is 12.9. The normalized spacial score (nSPS) is 15.7. The fraction of sp³-hybridized carbons (Fsp3) is 0.0870. The molecule has 0 aromatic heterocycles. The van der Waals surface area contributed by atoms with Crippen LogP contribution in [0.25, 0.3) is 0 Å². The summed E-state index contributed by atoms with van der Waals surface area (Å²) in [5, 5.41) is 17.8. The van der Waals surface area contributed by atoms with E-state index in [1.54, 1.807) is 24.3 Å². The summed E-state index contributed by atoms with van der Waals surface area (Å²) in [4.78, 5) is 49.5. The predicted molar refractivity (Wildman–Crippen MR) is 132 cm³/mol. The van der Waals surface area contributed by atoms with Crippen molar-refractivity contribution in [3.63, 3.8) is 0 Å². The Labute approximate surface area is 209 Å². The molecule has 3 amide bonds. The molecule has 1 heterocycles. The summed E-state index contributed by atoms with van der Waals surface area (Å²) in [6.07, 6.45) is -0.0287. The zero-order valence-electron chi connectivity index (χ0n) is 18.4. The number of sulfonamides is 1. The monoisotopic (exact) mass is 526 g/mol. The molecule has 1 aliphatic heterocycles. The molecule has 13 heteroatoms. The molecule has 1 fully saturated rings. The van der Waals surface area contributed by atoms with Crippen LogP contribution in [0.3, 0.4) is 0 Å². The lowest BCUT2D eigenvalue weighted by atomic mass is 10.2. The summed E-state index contributed by atoms with van der Waals surface area (Å²) in [6, 6.07) is 17.0. The van der Waals surface area contributed by atoms with E-state index in [1.165, 1.54) is 60.3 Å². The minimum Gasteiger partial charge on any atom is -0.322 e. The van der Waals surface area contributed by atoms with E-state index in [0.717, 1.165) is 4.90 Å². The number of rotatable bonds is 7. The predicted octanol–water partition coefficient (Wildman–Crippen LogP) is 2.92. The average molecular weight is 527 g/mol. The van der Waals surface area contributed by atoms with Gasteiger partial charge < -0.3 is 5.32 Å². The topological polar surface area (TPSA) is 170 Å². The number of nitro groups is 1. The van der Waals surface area contributed by atoms with E-state index < -0.39 is 37.9 Å². The molecule has 0 bridgehead atoms. The third kappa shape index (κ3) is 5.43. The third-order valence-corrected chi connectivity index (χ3v) is 7.39. The van der Waals surface area contributed by atoms with Crippen LogP contribution in [-0.2, 0) is 19.6 Å². The quantitative estimate of drug-likeness (QED) is 0.269. The second kappa shape index (κ2) is 9.89. The zero-order chi connectivity index (χ0) is 26.0. The molecular formula is C23H18N4O7S2. The zero-order valence-corrected chi connectivity index (χ0v) is 20.0. The second-order valence-corrected chi connectivity index (χ2v) is 10.5. The highest BCUT2D eigenvalue weighted by molar-refractivity contribution is 8.00. The molecule has 1 unspecified atom stereocenters. The SMILES string of the molecule is NS(=O)(=O)c1ccc(N2C(=O)CC(Sc3ccc(NC(=O)c4ccc([N+](=O)[O-])cc4)cc3)C2=O)cc1. The average Bonchev–Trinajstić information content (AvgIpc) is 3.12. The summed E-state index contributed by atoms with van der Waals surface area (Å²) in [5.41, 5.74) is 0.871. The molecular weight excluding hydrogens is 508 g/mol. The maximum Gasteiger partial charge on any atom is 0.269 e. The molecule has 0 aliphatic carbocycles. The summed E-state index contributed by atoms with van der Waals surface area (Å²) < 4.78 is 22.8. The number of thioether (sulfide) groups is 1. The highest BCUT2D eigenvalue weighted by atomic mass is 32.2. The molecule has 11 nitrogen and oxygen atoms in total. The first kappa shape index (κ1) is 25.0. The minimum atomic E-state index is -3.90. The molecule has 184 valence electrons. The van der Waals surface area contributed by atoms with Crippen molar-refractivity contribution >= 4 is 56.6 Å². The number of non-ortho nitro benzene ring substituents is 1. The molecule has 36 heavy (non-hydrogen) atoms. The number of nitro benzene ring substituents is 1. The Bertz CT molecular complexity index is 1460. The Morgan fingerprint density at radius 3 is 2.17 bits per heavy atom. The molecule has 3 aromatic carbocycles. The smallest absolute Gasteiger partial charge is 0.269 e. The van der Waals surface area contributed by atoms with Crippen molar-refractivity contribution in [2.75, 3.05) is 10.2 Å². The molecule has 1 atom stereocenters. The number of hydrogen-bond acceptors (Lipinski definition) is 8. The number of nitrogens with two attached hydrogens (primary N) is 1. The van der Waals surface area contributed by atoms with Gasteiger partial charge in [-0.1, -0.05) is 0 Å². The van der Waals surface area contributed by atoms with Crippen molar-refractivity contribution in [1.82, 2.24) is 0 Å². The van der Waals surface area contributed by atoms with Crippen molar-refractivity contribution in [2.24, 2.45) is 5.14 Å². The first-order valence-corrected chi connectivity index (χ1v) is 12.8. The number of nitrogens with one attached hydrogen (secondary N) is 1. The maximum atomic E-state index is 12.9. The van der Waals surface area contributed by atoms with Crippen LogP contribution >= 0.6 is 11.8 Å². The van der Waals surface area contributed by atoms with E-state index >= 15 is 0 Å². The van der Waals surface area contributed by atoms with Gasteiger partial charge in [0, 0.05) is 34.7 Å². The number of anilines is 2. The van der Waals surface area contributed by atoms with Crippen LogP contribution in [0.5, 0.6) is 0 Å². The standard InChI is InChI=1S/C23H18N4O7S2/c24-36(33,34)19-11-7-16(8-12-19)26-21(28)13-20(23(26)30)35-18-9-3-15(4-10-18)25-22(29)14-1-5-17(6-2-14)27(31)32/h1-12,20H,13H2,(H,25,29)(H2,24,33,34). The van der Waals surface area contributed by atoms with Gasteiger partial charge in [0.05, 0.1) is 20.8 Å². The molecule has 3 aromatic rings. The molecule has 0 radical (unpaired) electrons. The highest BCUT2D eigenvalue weighted by Gasteiger charge is 2.40. The molecule has 0 spiro atoms. The largest absolute Gasteiger partial charge is 0.322 e. The van der Waals surface area contributed by atoms with Gasteiger partial charge >= 0.3 is 0 Å². The Kier molecular flexibility index (Phi) is 6.88. The summed E-state index contributed by atoms with van der Waals surface area (Å²) in [5.74, 6) is -1.28. The van der Waals surface area contributed by atoms with Gasteiger partial charge in [0.25, 0.3) is 11.6 Å². The molecule has 1 saturated heterocycles. The summed E-state index contributed by atoms with van der Waals surface area (Å²) >= 11 is 1.19. The van der Waals surface area contributed by atoms with Gasteiger partial charge in [0.15, 0.2) is 0 Å². The van der Waals surface area contributed by atoms with Crippen LogP contribution in [0.1, 0.15) is 16.8 Å². The van der Waals surface area contributed by atoms with Gasteiger partial charge in [0.1, 0.15) is 0 Å². The van der Waals surface area contributed by atoms with Crippen LogP contribution in [-0.4, -0.2) is 36.3 Å². The lowest BCUT2D eigenvalue weighted by Crippen LogP contribution is -2.31. The highest BCUT2D eigenvalue weighted by Crippen LogP contribution is 2.34. The molecule has 0 saturated carbocycles. The van der Waals surface area contributed by atoms with Gasteiger partial charge in [-0.25, -0.2) is 18.5 Å². The Balaban J connectivity index is 1.39. The summed E-state index contributed by atoms with van der Waals surface area (Å²) in [6.45, 7) is 0. The number of primary sulfonamides is 1. The van der Waals surface area contributed by atoms with Crippen molar-refractivity contribution in [2.45, 2.75) is 21.5 Å². The van der Waals surface area contributed by atoms with Gasteiger partial charge in [0.2, 0.25) is 21.8 Å². The van der Waals surface area contributed by atoms with E-state index in [-0.39, 0.29) is 28.3 Å². The molecule has 3 N–H and O–H groups in total. The lowest BCUT2D eigenvalue weighted by molar-refractivity contribution is -0.384. The van der Waals surface area contributed by atoms with E-state index in [0.29, 0.717) is 10.6 Å². The van der Waals surface area contributed by atoms with Gasteiger partial charge in [-0.2, -0.15) is 0 Å². The first-order valence-electron chi connectivity index (χ1n) is 10.3. The number of benzene rings is 3. The van der Waals surface area contributed by atoms with Crippen molar-refractivity contribution < 1.29 is 27.7 Å². The number of nitrogens with zero attached hydrogens (tertiary/aromatic N) is 2. The molecule has 1 aliphatic rings. The number of hydrogen-bond donors (Lipinski definition) is 2. The Hall–Kier alpha value is -4.07. The van der Waals surface area contributed by atoms with Crippen LogP contribution in [0, 0.1) is 10.1 Å². The summed E-state index contributed by atoms with van der Waals surface area (Å²) in [7, 11) is -3.90. The van der Waals surface area contributed by atoms with E-state index in [2.05, 4.69) is 5.32 Å². The molecule has 4 rings (SSSR count). The Morgan fingerprint density at radius 2 is 1.61 bits per heavy atom. The fourth-order valence-corrected chi connectivity index (χ4v) is 5.04. The number of carbonyl (C=O) groups is 3. The van der Waals surface area contributed by atoms with Crippen LogP contribution in [0.2, 0.25) is 0 Å². The van der Waals surface area contributed by atoms with Crippen LogP contribution < -0.4 is 15.4 Å². The number of imide groups is 1. The van der Waals surface area contributed by atoms with Crippen molar-refractivity contribution in [3.8, 4) is 0 Å². The lowest BCUT2D eigenvalue weighted by Gasteiger charge is -2.15. The van der Waals surface area contributed by atoms with Gasteiger partial charge in [-0.15, -0.1) is 11.8 Å². The number of amides is 3.